The van der Waals surface area contributed by atoms with E-state index in [1.807, 2.05) is 12.1 Å². The lowest BCUT2D eigenvalue weighted by Crippen LogP contribution is -1.97. The fourth-order valence-electron chi connectivity index (χ4n) is 1.90. The summed E-state index contributed by atoms with van der Waals surface area (Å²) in [7, 11) is 0. The van der Waals surface area contributed by atoms with E-state index < -0.39 is 5.97 Å². The van der Waals surface area contributed by atoms with Crippen molar-refractivity contribution in [2.45, 2.75) is 0 Å². The molecule has 0 spiro atoms. The number of rotatable bonds is 2. The van der Waals surface area contributed by atoms with Crippen molar-refractivity contribution in [1.82, 2.24) is 9.97 Å². The summed E-state index contributed by atoms with van der Waals surface area (Å²) >= 11 is 5.85. The van der Waals surface area contributed by atoms with Crippen LogP contribution in [0, 0.1) is 0 Å². The van der Waals surface area contributed by atoms with E-state index in [9.17, 15) is 4.79 Å². The average Bonchev–Trinajstić information content (AvgIpc) is 2.47. The Balaban J connectivity index is 2.13. The predicted molar refractivity (Wildman–Crippen MR) is 76.9 cm³/mol. The van der Waals surface area contributed by atoms with Gasteiger partial charge in [0.15, 0.2) is 0 Å². The van der Waals surface area contributed by atoms with Gasteiger partial charge in [-0.1, -0.05) is 23.7 Å². The molecule has 0 radical (unpaired) electrons. The van der Waals surface area contributed by atoms with Gasteiger partial charge in [0, 0.05) is 10.6 Å². The molecular formula is C15H9ClN2O2. The maximum absolute atomic E-state index is 11.0. The van der Waals surface area contributed by atoms with Crippen LogP contribution in [0.4, 0.5) is 0 Å². The lowest BCUT2D eigenvalue weighted by atomic mass is 10.1. The third-order valence-electron chi connectivity index (χ3n) is 2.93. The van der Waals surface area contributed by atoms with Crippen LogP contribution in [0.2, 0.25) is 5.02 Å². The molecular weight excluding hydrogens is 276 g/mol. The molecule has 3 rings (SSSR count). The zero-order chi connectivity index (χ0) is 14.1. The van der Waals surface area contributed by atoms with E-state index in [4.69, 9.17) is 16.7 Å². The lowest BCUT2D eigenvalue weighted by molar-refractivity contribution is 0.0697. The Morgan fingerprint density at radius 3 is 2.50 bits per heavy atom. The molecule has 0 aliphatic carbocycles. The highest BCUT2D eigenvalue weighted by Crippen LogP contribution is 2.21. The number of halogens is 1. The summed E-state index contributed by atoms with van der Waals surface area (Å²) in [5.74, 6) is -0.981. The number of benzene rings is 2. The van der Waals surface area contributed by atoms with Gasteiger partial charge in [0.25, 0.3) is 0 Å². The van der Waals surface area contributed by atoms with Crippen LogP contribution < -0.4 is 0 Å². The minimum Gasteiger partial charge on any atom is -0.478 e. The van der Waals surface area contributed by atoms with Crippen LogP contribution in [0.25, 0.3) is 22.3 Å². The van der Waals surface area contributed by atoms with Crippen molar-refractivity contribution in [2.24, 2.45) is 0 Å². The summed E-state index contributed by atoms with van der Waals surface area (Å²) in [4.78, 5) is 19.7. The van der Waals surface area contributed by atoms with Crippen molar-refractivity contribution in [3.63, 3.8) is 0 Å². The third kappa shape index (κ3) is 2.33. The normalized spacial score (nSPS) is 10.7. The van der Waals surface area contributed by atoms with Gasteiger partial charge in [-0.3, -0.25) is 4.98 Å². The van der Waals surface area contributed by atoms with Crippen LogP contribution >= 0.6 is 11.6 Å². The number of nitrogens with zero attached hydrogens (tertiary/aromatic N) is 2. The molecule has 0 unspecified atom stereocenters. The highest BCUT2D eigenvalue weighted by Gasteiger charge is 2.07. The molecule has 4 nitrogen and oxygen atoms in total. The summed E-state index contributed by atoms with van der Waals surface area (Å²) in [6.45, 7) is 0. The van der Waals surface area contributed by atoms with Crippen molar-refractivity contribution in [3.8, 4) is 11.3 Å². The zero-order valence-electron chi connectivity index (χ0n) is 10.2. The Morgan fingerprint density at radius 2 is 1.80 bits per heavy atom. The number of fused-ring (bicyclic) bond motifs is 1. The minimum absolute atomic E-state index is 0.194. The quantitative estimate of drug-likeness (QED) is 0.780. The molecule has 0 saturated heterocycles. The first-order valence-electron chi connectivity index (χ1n) is 5.89. The van der Waals surface area contributed by atoms with Crippen LogP contribution in [-0.2, 0) is 0 Å². The second kappa shape index (κ2) is 4.90. The number of carboxylic acids is 1. The molecule has 0 saturated carbocycles. The molecule has 0 amide bonds. The molecule has 1 heterocycles. The van der Waals surface area contributed by atoms with Crippen LogP contribution in [0.5, 0.6) is 0 Å². The second-order valence-electron chi connectivity index (χ2n) is 4.27. The summed E-state index contributed by atoms with van der Waals surface area (Å²) in [6.07, 6.45) is 1.66. The van der Waals surface area contributed by atoms with E-state index in [1.54, 1.807) is 24.4 Å². The lowest BCUT2D eigenvalue weighted by Gasteiger charge is -2.03. The molecule has 0 atom stereocenters. The molecule has 98 valence electrons. The minimum atomic E-state index is -0.981. The Bertz CT molecular complexity index is 801. The Morgan fingerprint density at radius 1 is 1.05 bits per heavy atom. The zero-order valence-corrected chi connectivity index (χ0v) is 11.0. The van der Waals surface area contributed by atoms with E-state index in [0.29, 0.717) is 21.7 Å². The fraction of sp³-hybridized carbons (Fsp3) is 0. The van der Waals surface area contributed by atoms with Gasteiger partial charge in [-0.2, -0.15) is 0 Å². The number of aromatic nitrogens is 2. The number of hydrogen-bond donors (Lipinski definition) is 1. The summed E-state index contributed by atoms with van der Waals surface area (Å²) < 4.78 is 0. The van der Waals surface area contributed by atoms with Crippen LogP contribution in [-0.4, -0.2) is 21.0 Å². The van der Waals surface area contributed by atoms with E-state index in [1.165, 1.54) is 12.1 Å². The summed E-state index contributed by atoms with van der Waals surface area (Å²) in [6, 6.07) is 11.9. The molecule has 5 heteroatoms. The monoisotopic (exact) mass is 284 g/mol. The summed E-state index contributed by atoms with van der Waals surface area (Å²) in [5.41, 5.74) is 2.96. The Labute approximate surface area is 119 Å². The van der Waals surface area contributed by atoms with Crippen LogP contribution in [0.1, 0.15) is 10.4 Å². The highest BCUT2D eigenvalue weighted by molar-refractivity contribution is 6.30. The molecule has 2 aromatic carbocycles. The number of carboxylic acid groups (broad SMARTS) is 1. The molecule has 20 heavy (non-hydrogen) atoms. The molecule has 0 fully saturated rings. The van der Waals surface area contributed by atoms with Gasteiger partial charge in [-0.25, -0.2) is 9.78 Å². The topological polar surface area (TPSA) is 63.1 Å². The number of carbonyl (C=O) groups is 1. The van der Waals surface area contributed by atoms with E-state index in [-0.39, 0.29) is 5.56 Å². The fourth-order valence-corrected chi connectivity index (χ4v) is 2.03. The number of aromatic carboxylic acids is 1. The maximum atomic E-state index is 11.0. The van der Waals surface area contributed by atoms with E-state index in [2.05, 4.69) is 9.97 Å². The van der Waals surface area contributed by atoms with Crippen LogP contribution in [0.15, 0.2) is 48.7 Å². The molecule has 1 aromatic heterocycles. The van der Waals surface area contributed by atoms with Gasteiger partial charge in [0.1, 0.15) is 0 Å². The van der Waals surface area contributed by atoms with Gasteiger partial charge < -0.3 is 5.11 Å². The molecule has 0 aliphatic heterocycles. The molecule has 0 bridgehead atoms. The van der Waals surface area contributed by atoms with E-state index >= 15 is 0 Å². The molecule has 1 N–H and O–H groups in total. The number of hydrogen-bond acceptors (Lipinski definition) is 3. The predicted octanol–water partition coefficient (Wildman–Crippen LogP) is 3.65. The third-order valence-corrected chi connectivity index (χ3v) is 3.18. The van der Waals surface area contributed by atoms with Crippen molar-refractivity contribution in [2.75, 3.05) is 0 Å². The van der Waals surface area contributed by atoms with Crippen molar-refractivity contribution >= 4 is 28.6 Å². The first-order valence-corrected chi connectivity index (χ1v) is 6.27. The standard InChI is InChI=1S/C15H9ClN2O2/c16-11-4-1-9(2-5-11)14-8-17-12-6-3-10(15(19)20)7-13(12)18-14/h1-8H,(H,19,20). The van der Waals surface area contributed by atoms with E-state index in [0.717, 1.165) is 5.56 Å². The Kier molecular flexibility index (Phi) is 3.08. The smallest absolute Gasteiger partial charge is 0.335 e. The second-order valence-corrected chi connectivity index (χ2v) is 4.71. The highest BCUT2D eigenvalue weighted by atomic mass is 35.5. The van der Waals surface area contributed by atoms with Gasteiger partial charge in [0.2, 0.25) is 0 Å². The van der Waals surface area contributed by atoms with Crippen LogP contribution in [0.3, 0.4) is 0 Å². The van der Waals surface area contributed by atoms with Gasteiger partial charge >= 0.3 is 5.97 Å². The summed E-state index contributed by atoms with van der Waals surface area (Å²) in [5, 5.41) is 9.65. The first kappa shape index (κ1) is 12.6. The molecule has 3 aromatic rings. The average molecular weight is 285 g/mol. The maximum Gasteiger partial charge on any atom is 0.335 e. The molecule has 0 aliphatic rings. The van der Waals surface area contributed by atoms with Gasteiger partial charge in [0.05, 0.1) is 28.5 Å². The van der Waals surface area contributed by atoms with Crippen molar-refractivity contribution in [3.05, 3.63) is 59.2 Å². The first-order chi connectivity index (χ1) is 9.63. The Hall–Kier alpha value is -2.46. The largest absolute Gasteiger partial charge is 0.478 e. The van der Waals surface area contributed by atoms with Crippen molar-refractivity contribution in [1.29, 1.82) is 0 Å². The SMILES string of the molecule is O=C(O)c1ccc2ncc(-c3ccc(Cl)cc3)nc2c1. The van der Waals surface area contributed by atoms with Crippen molar-refractivity contribution < 1.29 is 9.90 Å². The van der Waals surface area contributed by atoms with Gasteiger partial charge in [-0.05, 0) is 30.3 Å². The van der Waals surface area contributed by atoms with Gasteiger partial charge in [-0.15, -0.1) is 0 Å².